The predicted molar refractivity (Wildman–Crippen MR) is 60.4 cm³/mol. The highest BCUT2D eigenvalue weighted by atomic mass is 16.5. The molecule has 0 aromatic carbocycles. The molecule has 1 aliphatic carbocycles. The van der Waals surface area contributed by atoms with E-state index in [1.807, 2.05) is 0 Å². The Hall–Kier alpha value is -0.590. The van der Waals surface area contributed by atoms with Crippen LogP contribution >= 0.6 is 0 Å². The minimum Gasteiger partial charge on any atom is -0.383 e. The van der Waals surface area contributed by atoms with Gasteiger partial charge in [-0.3, -0.25) is 5.32 Å². The van der Waals surface area contributed by atoms with Crippen LogP contribution in [-0.2, 0) is 4.74 Å². The average molecular weight is 210 g/mol. The lowest BCUT2D eigenvalue weighted by atomic mass is 9.69. The van der Waals surface area contributed by atoms with Crippen molar-refractivity contribution in [2.45, 2.75) is 38.6 Å². The summed E-state index contributed by atoms with van der Waals surface area (Å²) in [5.74, 6) is 1.06. The van der Waals surface area contributed by atoms with Crippen molar-refractivity contribution < 1.29 is 4.74 Å². The molecule has 3 atom stereocenters. The van der Waals surface area contributed by atoms with Crippen molar-refractivity contribution in [3.63, 3.8) is 0 Å². The number of hydrogen-bond donors (Lipinski definition) is 1. The molecule has 15 heavy (non-hydrogen) atoms. The molecule has 0 radical (unpaired) electrons. The molecule has 3 nitrogen and oxygen atoms in total. The molecule has 1 N–H and O–H groups in total. The fourth-order valence-electron chi connectivity index (χ4n) is 2.49. The molecule has 0 aromatic rings. The molecule has 3 heteroatoms. The summed E-state index contributed by atoms with van der Waals surface area (Å²) in [6.45, 7) is 5.87. The minimum atomic E-state index is -0.323. The van der Waals surface area contributed by atoms with Crippen LogP contribution < -0.4 is 5.32 Å². The van der Waals surface area contributed by atoms with E-state index in [9.17, 15) is 5.26 Å². The lowest BCUT2D eigenvalue weighted by Crippen LogP contribution is -2.54. The molecule has 3 unspecified atom stereocenters. The quantitative estimate of drug-likeness (QED) is 0.721. The van der Waals surface area contributed by atoms with Crippen LogP contribution in [0.25, 0.3) is 0 Å². The molecule has 1 saturated carbocycles. The van der Waals surface area contributed by atoms with Crippen LogP contribution in [0.15, 0.2) is 0 Å². The molecule has 86 valence electrons. The SMILES string of the molecule is COCCNC1(C#N)CCCC(C)C1C. The first-order chi connectivity index (χ1) is 7.16. The average Bonchev–Trinajstić information content (AvgIpc) is 2.25. The van der Waals surface area contributed by atoms with E-state index >= 15 is 0 Å². The van der Waals surface area contributed by atoms with Gasteiger partial charge in [-0.2, -0.15) is 5.26 Å². The normalized spacial score (nSPS) is 36.1. The van der Waals surface area contributed by atoms with Crippen molar-refractivity contribution in [2.75, 3.05) is 20.3 Å². The number of nitrogens with zero attached hydrogens (tertiary/aromatic N) is 1. The largest absolute Gasteiger partial charge is 0.383 e. The second-order valence-corrected chi connectivity index (χ2v) is 4.66. The number of ether oxygens (including phenoxy) is 1. The lowest BCUT2D eigenvalue weighted by Gasteiger charge is -2.41. The predicted octanol–water partition coefficient (Wildman–Crippen LogP) is 1.94. The first kappa shape index (κ1) is 12.5. The summed E-state index contributed by atoms with van der Waals surface area (Å²) in [6.07, 6.45) is 3.37. The van der Waals surface area contributed by atoms with Gasteiger partial charge in [0.25, 0.3) is 0 Å². The maximum absolute atomic E-state index is 9.38. The van der Waals surface area contributed by atoms with Gasteiger partial charge in [-0.05, 0) is 18.3 Å². The van der Waals surface area contributed by atoms with E-state index in [0.29, 0.717) is 18.4 Å². The van der Waals surface area contributed by atoms with Gasteiger partial charge >= 0.3 is 0 Å². The Morgan fingerprint density at radius 1 is 1.53 bits per heavy atom. The van der Waals surface area contributed by atoms with Crippen molar-refractivity contribution in [1.29, 1.82) is 5.26 Å². The molecule has 0 saturated heterocycles. The Balaban J connectivity index is 2.61. The summed E-state index contributed by atoms with van der Waals surface area (Å²) >= 11 is 0. The highest BCUT2D eigenvalue weighted by molar-refractivity contribution is 5.12. The third-order valence-electron chi connectivity index (χ3n) is 3.81. The van der Waals surface area contributed by atoms with E-state index in [2.05, 4.69) is 25.2 Å². The summed E-state index contributed by atoms with van der Waals surface area (Å²) < 4.78 is 5.01. The summed E-state index contributed by atoms with van der Waals surface area (Å²) in [7, 11) is 1.69. The summed E-state index contributed by atoms with van der Waals surface area (Å²) in [5.41, 5.74) is -0.323. The smallest absolute Gasteiger partial charge is 0.109 e. The molecule has 0 amide bonds. The van der Waals surface area contributed by atoms with E-state index < -0.39 is 0 Å². The monoisotopic (exact) mass is 210 g/mol. The van der Waals surface area contributed by atoms with Crippen molar-refractivity contribution in [1.82, 2.24) is 5.32 Å². The Morgan fingerprint density at radius 3 is 2.87 bits per heavy atom. The molecular weight excluding hydrogens is 188 g/mol. The maximum Gasteiger partial charge on any atom is 0.109 e. The van der Waals surface area contributed by atoms with Crippen LogP contribution in [0.1, 0.15) is 33.1 Å². The first-order valence-electron chi connectivity index (χ1n) is 5.81. The van der Waals surface area contributed by atoms with Gasteiger partial charge in [0.1, 0.15) is 5.54 Å². The van der Waals surface area contributed by atoms with Crippen molar-refractivity contribution in [2.24, 2.45) is 11.8 Å². The second kappa shape index (κ2) is 5.48. The number of nitrogens with one attached hydrogen (secondary N) is 1. The van der Waals surface area contributed by atoms with Crippen LogP contribution in [0.2, 0.25) is 0 Å². The molecule has 0 heterocycles. The van der Waals surface area contributed by atoms with Gasteiger partial charge in [0.15, 0.2) is 0 Å². The molecule has 1 rings (SSSR count). The van der Waals surface area contributed by atoms with Crippen molar-refractivity contribution in [3.8, 4) is 6.07 Å². The third-order valence-corrected chi connectivity index (χ3v) is 3.81. The molecular formula is C12H22N2O. The minimum absolute atomic E-state index is 0.323. The Bertz CT molecular complexity index is 236. The van der Waals surface area contributed by atoms with E-state index in [-0.39, 0.29) is 5.54 Å². The zero-order valence-corrected chi connectivity index (χ0v) is 10.0. The molecule has 0 aromatic heterocycles. The summed E-state index contributed by atoms with van der Waals surface area (Å²) in [6, 6.07) is 2.49. The topological polar surface area (TPSA) is 45.0 Å². The number of hydrogen-bond acceptors (Lipinski definition) is 3. The van der Waals surface area contributed by atoms with Gasteiger partial charge in [0.2, 0.25) is 0 Å². The van der Waals surface area contributed by atoms with E-state index in [1.165, 1.54) is 6.42 Å². The van der Waals surface area contributed by atoms with Gasteiger partial charge in [-0.25, -0.2) is 0 Å². The Morgan fingerprint density at radius 2 is 2.27 bits per heavy atom. The molecule has 0 spiro atoms. The maximum atomic E-state index is 9.38. The Kier molecular flexibility index (Phi) is 4.56. The van der Waals surface area contributed by atoms with Crippen LogP contribution in [0.4, 0.5) is 0 Å². The molecule has 1 aliphatic rings. The van der Waals surface area contributed by atoms with Crippen LogP contribution in [0, 0.1) is 23.2 Å². The highest BCUT2D eigenvalue weighted by Gasteiger charge is 2.41. The third kappa shape index (κ3) is 2.70. The van der Waals surface area contributed by atoms with Gasteiger partial charge in [-0.15, -0.1) is 0 Å². The van der Waals surface area contributed by atoms with Crippen molar-refractivity contribution >= 4 is 0 Å². The van der Waals surface area contributed by atoms with Gasteiger partial charge in [0.05, 0.1) is 12.7 Å². The fourth-order valence-corrected chi connectivity index (χ4v) is 2.49. The van der Waals surface area contributed by atoms with Crippen LogP contribution in [0.5, 0.6) is 0 Å². The zero-order chi connectivity index (χ0) is 11.3. The standard InChI is InChI=1S/C12H22N2O/c1-10-5-4-6-12(9-13,11(10)2)14-7-8-15-3/h10-11,14H,4-8H2,1-3H3. The van der Waals surface area contributed by atoms with E-state index in [4.69, 9.17) is 4.74 Å². The number of methoxy groups -OCH3 is 1. The number of nitriles is 1. The number of rotatable bonds is 4. The summed E-state index contributed by atoms with van der Waals surface area (Å²) in [4.78, 5) is 0. The first-order valence-corrected chi connectivity index (χ1v) is 5.81. The van der Waals surface area contributed by atoms with Crippen LogP contribution in [-0.4, -0.2) is 25.8 Å². The second-order valence-electron chi connectivity index (χ2n) is 4.66. The van der Waals surface area contributed by atoms with E-state index in [1.54, 1.807) is 7.11 Å². The fraction of sp³-hybridized carbons (Fsp3) is 0.917. The molecule has 1 fully saturated rings. The van der Waals surface area contributed by atoms with Gasteiger partial charge in [0, 0.05) is 13.7 Å². The van der Waals surface area contributed by atoms with Gasteiger partial charge < -0.3 is 4.74 Å². The van der Waals surface area contributed by atoms with Crippen LogP contribution in [0.3, 0.4) is 0 Å². The highest BCUT2D eigenvalue weighted by Crippen LogP contribution is 2.37. The van der Waals surface area contributed by atoms with Gasteiger partial charge in [-0.1, -0.05) is 26.7 Å². The molecule has 0 aliphatic heterocycles. The van der Waals surface area contributed by atoms with Crippen molar-refractivity contribution in [3.05, 3.63) is 0 Å². The lowest BCUT2D eigenvalue weighted by molar-refractivity contribution is 0.132. The summed E-state index contributed by atoms with van der Waals surface area (Å²) in [5, 5.41) is 12.8. The zero-order valence-electron chi connectivity index (χ0n) is 10.0. The Labute approximate surface area is 92.8 Å². The molecule has 0 bridgehead atoms. The van der Waals surface area contributed by atoms with E-state index in [0.717, 1.165) is 19.4 Å².